The van der Waals surface area contributed by atoms with Gasteiger partial charge >= 0.3 is 0 Å². The lowest BCUT2D eigenvalue weighted by Crippen LogP contribution is -2.26. The van der Waals surface area contributed by atoms with Crippen LogP contribution >= 0.6 is 0 Å². The van der Waals surface area contributed by atoms with E-state index in [1.807, 2.05) is 0 Å². The maximum absolute atomic E-state index is 6.52. The minimum atomic E-state index is 0.184. The number of benzene rings is 1. The van der Waals surface area contributed by atoms with Crippen LogP contribution in [0.2, 0.25) is 0 Å². The summed E-state index contributed by atoms with van der Waals surface area (Å²) in [5, 5.41) is 0. The highest BCUT2D eigenvalue weighted by Crippen LogP contribution is 2.37. The van der Waals surface area contributed by atoms with Crippen molar-refractivity contribution < 1.29 is 4.74 Å². The minimum absolute atomic E-state index is 0.184. The van der Waals surface area contributed by atoms with Gasteiger partial charge in [0.1, 0.15) is 5.75 Å². The molecule has 3 atom stereocenters. The maximum Gasteiger partial charge on any atom is 0.119 e. The molecule has 2 nitrogen and oxygen atoms in total. The third kappa shape index (κ3) is 4.74. The topological polar surface area (TPSA) is 35.2 Å². The zero-order chi connectivity index (χ0) is 15.1. The van der Waals surface area contributed by atoms with Crippen LogP contribution < -0.4 is 10.5 Å². The van der Waals surface area contributed by atoms with Crippen LogP contribution in [-0.4, -0.2) is 6.61 Å². The second-order valence-electron chi connectivity index (χ2n) is 6.50. The maximum atomic E-state index is 6.52. The summed E-state index contributed by atoms with van der Waals surface area (Å²) in [6.45, 7) is 5.29. The smallest absolute Gasteiger partial charge is 0.119 e. The van der Waals surface area contributed by atoms with E-state index >= 15 is 0 Å². The molecule has 0 bridgehead atoms. The fourth-order valence-corrected chi connectivity index (χ4v) is 3.42. The van der Waals surface area contributed by atoms with Gasteiger partial charge < -0.3 is 10.5 Å². The van der Waals surface area contributed by atoms with Crippen LogP contribution in [0.15, 0.2) is 24.3 Å². The van der Waals surface area contributed by atoms with Crippen molar-refractivity contribution in [2.75, 3.05) is 6.61 Å². The first-order valence-electron chi connectivity index (χ1n) is 8.72. The Kier molecular flexibility index (Phi) is 6.56. The Bertz CT molecular complexity index is 401. The molecule has 21 heavy (non-hydrogen) atoms. The molecule has 118 valence electrons. The Morgan fingerprint density at radius 2 is 1.95 bits per heavy atom. The molecule has 1 fully saturated rings. The predicted octanol–water partition coefficient (Wildman–Crippen LogP) is 5.08. The lowest BCUT2D eigenvalue weighted by molar-refractivity contribution is 0.230. The molecular weight excluding hydrogens is 258 g/mol. The molecule has 1 saturated carbocycles. The summed E-state index contributed by atoms with van der Waals surface area (Å²) in [5.41, 5.74) is 7.78. The van der Waals surface area contributed by atoms with E-state index in [0.717, 1.165) is 24.7 Å². The summed E-state index contributed by atoms with van der Waals surface area (Å²) >= 11 is 0. The van der Waals surface area contributed by atoms with Crippen molar-refractivity contribution in [2.45, 2.75) is 64.8 Å². The summed E-state index contributed by atoms with van der Waals surface area (Å²) in [4.78, 5) is 0. The number of rotatable bonds is 7. The van der Waals surface area contributed by atoms with Crippen molar-refractivity contribution in [3.05, 3.63) is 29.8 Å². The molecule has 0 saturated heterocycles. The third-order valence-corrected chi connectivity index (χ3v) is 4.94. The van der Waals surface area contributed by atoms with E-state index < -0.39 is 0 Å². The van der Waals surface area contributed by atoms with Crippen molar-refractivity contribution >= 4 is 0 Å². The molecule has 0 aliphatic heterocycles. The van der Waals surface area contributed by atoms with E-state index in [1.54, 1.807) is 0 Å². The Labute approximate surface area is 130 Å². The van der Waals surface area contributed by atoms with Crippen molar-refractivity contribution in [1.82, 2.24) is 0 Å². The van der Waals surface area contributed by atoms with Gasteiger partial charge in [-0.3, -0.25) is 0 Å². The molecule has 0 heterocycles. The van der Waals surface area contributed by atoms with Gasteiger partial charge in [0.05, 0.1) is 6.61 Å². The standard InChI is InChI=1S/C19H31NO/c1-3-5-13-21-18-11-9-16(10-12-18)19(20)17-8-6-7-15(4-2)14-17/h9-12,15,17,19H,3-8,13-14,20H2,1-2H3. The summed E-state index contributed by atoms with van der Waals surface area (Å²) < 4.78 is 5.72. The Morgan fingerprint density at radius 1 is 1.19 bits per heavy atom. The fourth-order valence-electron chi connectivity index (χ4n) is 3.42. The molecule has 0 spiro atoms. The van der Waals surface area contributed by atoms with Crippen LogP contribution in [0.5, 0.6) is 5.75 Å². The van der Waals surface area contributed by atoms with Gasteiger partial charge in [0, 0.05) is 6.04 Å². The van der Waals surface area contributed by atoms with Gasteiger partial charge in [0.25, 0.3) is 0 Å². The second kappa shape index (κ2) is 8.43. The highest BCUT2D eigenvalue weighted by Gasteiger charge is 2.26. The van der Waals surface area contributed by atoms with Gasteiger partial charge in [0.2, 0.25) is 0 Å². The van der Waals surface area contributed by atoms with Crippen molar-refractivity contribution in [3.63, 3.8) is 0 Å². The van der Waals surface area contributed by atoms with Gasteiger partial charge in [-0.15, -0.1) is 0 Å². The van der Waals surface area contributed by atoms with Crippen LogP contribution in [0.1, 0.15) is 70.4 Å². The Hall–Kier alpha value is -1.02. The summed E-state index contributed by atoms with van der Waals surface area (Å²) in [5.74, 6) is 2.50. The third-order valence-electron chi connectivity index (χ3n) is 4.94. The zero-order valence-electron chi connectivity index (χ0n) is 13.7. The molecule has 2 heteroatoms. The number of hydrogen-bond donors (Lipinski definition) is 1. The molecule has 0 radical (unpaired) electrons. The molecule has 1 aliphatic rings. The van der Waals surface area contributed by atoms with Gasteiger partial charge in [0.15, 0.2) is 0 Å². The number of ether oxygens (including phenoxy) is 1. The van der Waals surface area contributed by atoms with Crippen molar-refractivity contribution in [2.24, 2.45) is 17.6 Å². The van der Waals surface area contributed by atoms with Crippen molar-refractivity contribution in [1.29, 1.82) is 0 Å². The van der Waals surface area contributed by atoms with Gasteiger partial charge in [-0.2, -0.15) is 0 Å². The highest BCUT2D eigenvalue weighted by molar-refractivity contribution is 5.29. The van der Waals surface area contributed by atoms with Gasteiger partial charge in [-0.05, 0) is 48.8 Å². The molecule has 0 amide bonds. The number of unbranched alkanes of at least 4 members (excludes halogenated alkanes) is 1. The minimum Gasteiger partial charge on any atom is -0.494 e. The highest BCUT2D eigenvalue weighted by atomic mass is 16.5. The molecule has 2 N–H and O–H groups in total. The first kappa shape index (κ1) is 16.4. The SMILES string of the molecule is CCCCOc1ccc(C(N)C2CCCC(CC)C2)cc1. The quantitative estimate of drug-likeness (QED) is 0.710. The van der Waals surface area contributed by atoms with E-state index in [1.165, 1.54) is 44.1 Å². The van der Waals surface area contributed by atoms with Crippen LogP contribution in [0.3, 0.4) is 0 Å². The number of nitrogens with two attached hydrogens (primary N) is 1. The van der Waals surface area contributed by atoms with Crippen molar-refractivity contribution in [3.8, 4) is 5.75 Å². The average molecular weight is 289 g/mol. The lowest BCUT2D eigenvalue weighted by Gasteiger charge is -2.32. The van der Waals surface area contributed by atoms with E-state index in [2.05, 4.69) is 38.1 Å². The number of hydrogen-bond acceptors (Lipinski definition) is 2. The molecule has 0 aromatic heterocycles. The summed E-state index contributed by atoms with van der Waals surface area (Å²) in [6.07, 6.45) is 8.90. The average Bonchev–Trinajstić information content (AvgIpc) is 2.55. The second-order valence-corrected chi connectivity index (χ2v) is 6.50. The van der Waals surface area contributed by atoms with Gasteiger partial charge in [-0.1, -0.05) is 51.7 Å². The summed E-state index contributed by atoms with van der Waals surface area (Å²) in [7, 11) is 0. The van der Waals surface area contributed by atoms with E-state index in [4.69, 9.17) is 10.5 Å². The molecule has 1 aromatic rings. The van der Waals surface area contributed by atoms with E-state index in [-0.39, 0.29) is 6.04 Å². The fraction of sp³-hybridized carbons (Fsp3) is 0.684. The van der Waals surface area contributed by atoms with Crippen LogP contribution in [0.4, 0.5) is 0 Å². The Balaban J connectivity index is 1.91. The normalized spacial score (nSPS) is 23.8. The molecule has 3 unspecified atom stereocenters. The Morgan fingerprint density at radius 3 is 2.62 bits per heavy atom. The first-order chi connectivity index (χ1) is 10.2. The monoisotopic (exact) mass is 289 g/mol. The van der Waals surface area contributed by atoms with E-state index in [0.29, 0.717) is 5.92 Å². The molecule has 1 aromatic carbocycles. The first-order valence-corrected chi connectivity index (χ1v) is 8.72. The predicted molar refractivity (Wildman–Crippen MR) is 89.5 cm³/mol. The molecule has 2 rings (SSSR count). The van der Waals surface area contributed by atoms with E-state index in [9.17, 15) is 0 Å². The van der Waals surface area contributed by atoms with Gasteiger partial charge in [-0.25, -0.2) is 0 Å². The molecular formula is C19H31NO. The summed E-state index contributed by atoms with van der Waals surface area (Å²) in [6, 6.07) is 8.64. The lowest BCUT2D eigenvalue weighted by atomic mass is 9.75. The zero-order valence-corrected chi connectivity index (χ0v) is 13.7. The van der Waals surface area contributed by atoms with Crippen LogP contribution in [0.25, 0.3) is 0 Å². The van der Waals surface area contributed by atoms with Crippen LogP contribution in [-0.2, 0) is 0 Å². The van der Waals surface area contributed by atoms with Crippen LogP contribution in [0, 0.1) is 11.8 Å². The largest absolute Gasteiger partial charge is 0.494 e. The molecule has 1 aliphatic carbocycles.